The second-order valence-electron chi connectivity index (χ2n) is 3.83. The number of aromatic nitrogens is 2. The number of aliphatic hydroxyl groups excluding tert-OH is 2. The Labute approximate surface area is 96.1 Å². The van der Waals surface area contributed by atoms with Gasteiger partial charge in [-0.15, -0.1) is 0 Å². The number of rotatable bonds is 2. The Kier molecular flexibility index (Phi) is 3.11. The van der Waals surface area contributed by atoms with Gasteiger partial charge in [0.1, 0.15) is 12.2 Å². The molecular formula is C9H13N3O5. The minimum atomic E-state index is -1.20. The van der Waals surface area contributed by atoms with Gasteiger partial charge in [-0.1, -0.05) is 0 Å². The lowest BCUT2D eigenvalue weighted by molar-refractivity contribution is -0.0350. The normalized spacial score (nSPS) is 32.7. The fraction of sp³-hybridized carbons (Fsp3) is 0.556. The van der Waals surface area contributed by atoms with E-state index in [0.717, 1.165) is 4.57 Å². The van der Waals surface area contributed by atoms with Gasteiger partial charge in [0.15, 0.2) is 12.0 Å². The van der Waals surface area contributed by atoms with Crippen LogP contribution < -0.4 is 11.2 Å². The molecule has 1 unspecified atom stereocenters. The summed E-state index contributed by atoms with van der Waals surface area (Å²) in [6, 6.07) is 1.34. The standard InChI is InChI=1S/C9H13N3O5/c1-4-6(13)7(14)8(17-4)12-3-2-5(11-16)10-9(12)15/h2-4,6-8,13-14,16H,1H3,(H,10,11,15)/t4-,6+,7?,8-/m1/s1. The molecule has 0 aromatic carbocycles. The van der Waals surface area contributed by atoms with Crippen LogP contribution in [0.25, 0.3) is 0 Å². The van der Waals surface area contributed by atoms with E-state index in [-0.39, 0.29) is 5.82 Å². The van der Waals surface area contributed by atoms with Gasteiger partial charge in [-0.3, -0.25) is 15.3 Å². The molecule has 4 N–H and O–H groups in total. The van der Waals surface area contributed by atoms with Crippen molar-refractivity contribution in [2.45, 2.75) is 31.5 Å². The van der Waals surface area contributed by atoms with Crippen molar-refractivity contribution in [2.75, 3.05) is 5.48 Å². The van der Waals surface area contributed by atoms with Crippen LogP contribution in [0.2, 0.25) is 0 Å². The first kappa shape index (κ1) is 12.0. The molecule has 94 valence electrons. The fourth-order valence-corrected chi connectivity index (χ4v) is 1.73. The molecule has 4 atom stereocenters. The Morgan fingerprint density at radius 3 is 2.65 bits per heavy atom. The highest BCUT2D eigenvalue weighted by Crippen LogP contribution is 2.27. The maximum atomic E-state index is 11.6. The molecule has 0 bridgehead atoms. The van der Waals surface area contributed by atoms with Crippen molar-refractivity contribution < 1.29 is 20.2 Å². The maximum Gasteiger partial charge on any atom is 0.351 e. The zero-order chi connectivity index (χ0) is 12.6. The van der Waals surface area contributed by atoms with Crippen LogP contribution in [0.4, 0.5) is 5.82 Å². The third-order valence-electron chi connectivity index (χ3n) is 2.70. The SMILES string of the molecule is C[C@H]1O[C@@H](n2ccc(NO)nc2=O)C(O)[C@H]1O. The smallest absolute Gasteiger partial charge is 0.351 e. The molecule has 0 amide bonds. The predicted octanol–water partition coefficient (Wildman–Crippen LogP) is -1.32. The molecule has 1 aromatic heterocycles. The van der Waals surface area contributed by atoms with Crippen LogP contribution in [0, 0.1) is 0 Å². The molecule has 0 aliphatic carbocycles. The van der Waals surface area contributed by atoms with Crippen molar-refractivity contribution in [3.8, 4) is 0 Å². The van der Waals surface area contributed by atoms with Gasteiger partial charge >= 0.3 is 5.69 Å². The van der Waals surface area contributed by atoms with Crippen LogP contribution >= 0.6 is 0 Å². The third kappa shape index (κ3) is 2.03. The summed E-state index contributed by atoms with van der Waals surface area (Å²) in [5.41, 5.74) is 1.04. The first-order valence-corrected chi connectivity index (χ1v) is 5.05. The highest BCUT2D eigenvalue weighted by Gasteiger charge is 2.41. The van der Waals surface area contributed by atoms with Crippen LogP contribution in [-0.4, -0.2) is 43.3 Å². The van der Waals surface area contributed by atoms with Gasteiger partial charge < -0.3 is 14.9 Å². The first-order valence-electron chi connectivity index (χ1n) is 5.05. The number of nitrogens with zero attached hydrogens (tertiary/aromatic N) is 2. The molecule has 0 radical (unpaired) electrons. The summed E-state index contributed by atoms with van der Waals surface area (Å²) in [5.74, 6) is -0.00710. The van der Waals surface area contributed by atoms with E-state index in [1.165, 1.54) is 12.3 Å². The molecule has 0 saturated carbocycles. The summed E-state index contributed by atoms with van der Waals surface area (Å²) in [6.07, 6.45) is -2.49. The molecule has 17 heavy (non-hydrogen) atoms. The number of hydrogen-bond acceptors (Lipinski definition) is 7. The van der Waals surface area contributed by atoms with E-state index in [1.807, 2.05) is 0 Å². The Morgan fingerprint density at radius 1 is 1.47 bits per heavy atom. The molecule has 1 fully saturated rings. The highest BCUT2D eigenvalue weighted by molar-refractivity contribution is 5.28. The summed E-state index contributed by atoms with van der Waals surface area (Å²) >= 11 is 0. The van der Waals surface area contributed by atoms with Crippen LogP contribution in [-0.2, 0) is 4.74 Å². The van der Waals surface area contributed by atoms with Crippen LogP contribution in [0.1, 0.15) is 13.2 Å². The van der Waals surface area contributed by atoms with Gasteiger partial charge in [-0.25, -0.2) is 4.79 Å². The molecule has 1 aliphatic rings. The topological polar surface area (TPSA) is 117 Å². The lowest BCUT2D eigenvalue weighted by Gasteiger charge is -2.16. The molecule has 1 aromatic rings. The van der Waals surface area contributed by atoms with Crippen molar-refractivity contribution in [3.05, 3.63) is 22.7 Å². The van der Waals surface area contributed by atoms with Gasteiger partial charge in [0.2, 0.25) is 0 Å². The fourth-order valence-electron chi connectivity index (χ4n) is 1.73. The van der Waals surface area contributed by atoms with Crippen molar-refractivity contribution in [3.63, 3.8) is 0 Å². The second-order valence-corrected chi connectivity index (χ2v) is 3.83. The van der Waals surface area contributed by atoms with Gasteiger partial charge in [0.05, 0.1) is 6.10 Å². The summed E-state index contributed by atoms with van der Waals surface area (Å²) in [4.78, 5) is 15.1. The van der Waals surface area contributed by atoms with Gasteiger partial charge in [0, 0.05) is 6.20 Å². The summed E-state index contributed by atoms with van der Waals surface area (Å²) in [6.45, 7) is 1.59. The molecular weight excluding hydrogens is 230 g/mol. The molecule has 2 heterocycles. The number of hydrogen-bond donors (Lipinski definition) is 4. The molecule has 1 aliphatic heterocycles. The van der Waals surface area contributed by atoms with Crippen LogP contribution in [0.5, 0.6) is 0 Å². The Hall–Kier alpha value is -1.48. The monoisotopic (exact) mass is 243 g/mol. The molecule has 0 spiro atoms. The van der Waals surface area contributed by atoms with E-state index in [1.54, 1.807) is 12.4 Å². The Morgan fingerprint density at radius 2 is 2.18 bits per heavy atom. The molecule has 1 saturated heterocycles. The summed E-state index contributed by atoms with van der Waals surface area (Å²) in [5, 5.41) is 27.8. The van der Waals surface area contributed by atoms with Crippen molar-refractivity contribution in [2.24, 2.45) is 0 Å². The molecule has 8 nitrogen and oxygen atoms in total. The van der Waals surface area contributed by atoms with Gasteiger partial charge in [-0.2, -0.15) is 4.98 Å². The molecule has 8 heteroatoms. The average Bonchev–Trinajstić information content (AvgIpc) is 2.57. The van der Waals surface area contributed by atoms with E-state index in [2.05, 4.69) is 4.98 Å². The minimum Gasteiger partial charge on any atom is -0.388 e. The largest absolute Gasteiger partial charge is 0.388 e. The van der Waals surface area contributed by atoms with E-state index in [9.17, 15) is 15.0 Å². The average molecular weight is 243 g/mol. The van der Waals surface area contributed by atoms with Crippen LogP contribution in [0.3, 0.4) is 0 Å². The quantitative estimate of drug-likeness (QED) is 0.476. The maximum absolute atomic E-state index is 11.6. The van der Waals surface area contributed by atoms with Crippen molar-refractivity contribution in [1.82, 2.24) is 9.55 Å². The number of aliphatic hydroxyl groups is 2. The van der Waals surface area contributed by atoms with E-state index in [4.69, 9.17) is 9.94 Å². The first-order chi connectivity index (χ1) is 8.04. The van der Waals surface area contributed by atoms with E-state index in [0.29, 0.717) is 0 Å². The van der Waals surface area contributed by atoms with Crippen molar-refractivity contribution >= 4 is 5.82 Å². The van der Waals surface area contributed by atoms with Gasteiger partial charge in [-0.05, 0) is 13.0 Å². The lowest BCUT2D eigenvalue weighted by Crippen LogP contribution is -2.35. The van der Waals surface area contributed by atoms with Crippen LogP contribution in [0.15, 0.2) is 17.1 Å². The number of ether oxygens (including phenoxy) is 1. The van der Waals surface area contributed by atoms with E-state index < -0.39 is 30.2 Å². The third-order valence-corrected chi connectivity index (χ3v) is 2.70. The van der Waals surface area contributed by atoms with E-state index >= 15 is 0 Å². The van der Waals surface area contributed by atoms with Crippen molar-refractivity contribution in [1.29, 1.82) is 0 Å². The zero-order valence-electron chi connectivity index (χ0n) is 9.02. The lowest BCUT2D eigenvalue weighted by atomic mass is 10.1. The zero-order valence-corrected chi connectivity index (χ0v) is 9.02. The predicted molar refractivity (Wildman–Crippen MR) is 55.5 cm³/mol. The Bertz CT molecular complexity index is 462. The second kappa shape index (κ2) is 4.41. The minimum absolute atomic E-state index is 0.00710. The summed E-state index contributed by atoms with van der Waals surface area (Å²) < 4.78 is 6.32. The number of anilines is 1. The number of nitrogens with one attached hydrogen (secondary N) is 1. The highest BCUT2D eigenvalue weighted by atomic mass is 16.6. The van der Waals surface area contributed by atoms with Gasteiger partial charge in [0.25, 0.3) is 0 Å². The summed E-state index contributed by atoms with van der Waals surface area (Å²) in [7, 11) is 0. The molecule has 2 rings (SSSR count). The Balaban J connectivity index is 2.32.